The minimum atomic E-state index is -4.61. The number of benzene rings is 4. The zero-order valence-electron chi connectivity index (χ0n) is 24.5. The molecule has 0 aliphatic rings. The summed E-state index contributed by atoms with van der Waals surface area (Å²) in [5.74, 6) is -3.21. The smallest absolute Gasteiger partial charge is 0.387 e. The third-order valence-electron chi connectivity index (χ3n) is 5.85. The predicted octanol–water partition coefficient (Wildman–Crippen LogP) is 2.41. The number of halogens is 4. The van der Waals surface area contributed by atoms with Gasteiger partial charge in [0.05, 0.1) is 4.47 Å². The summed E-state index contributed by atoms with van der Waals surface area (Å²) in [4.78, 5) is 21.4. The maximum absolute atomic E-state index is 13.2. The highest BCUT2D eigenvalue weighted by Gasteiger charge is 2.27. The number of sulfonamides is 4. The number of hydrogen-bond acceptors (Lipinski definition) is 11. The van der Waals surface area contributed by atoms with E-state index in [9.17, 15) is 56.4 Å². The van der Waals surface area contributed by atoms with Crippen molar-refractivity contribution in [3.05, 3.63) is 112 Å². The average molecular weight is 844 g/mol. The standard InChI is InChI=1S/C14H12F2N2O6S2.C13H10BrFN2O5S2/c15-14(16)24-10-5-3-4-9(8-10)13(19)18-26(22,23)12-7-2-1-6-11(12)25(17,20)21;14-9-7-8(5-6-10(9)15)13(18)17-24(21,22)12-4-2-1-3-11(12)23(16,19)20/h1-8,14H,(H,18,19)(H2,17,20,21);1-7H,(H,17,18)(H2,16,19,20). The third kappa shape index (κ3) is 10.6. The third-order valence-corrected chi connectivity index (χ3v) is 11.4. The summed E-state index contributed by atoms with van der Waals surface area (Å²) in [7, 11) is -17.8. The summed E-state index contributed by atoms with van der Waals surface area (Å²) in [6.07, 6.45) is 0. The number of primary sulfonamides is 2. The second-order valence-corrected chi connectivity index (χ2v) is 16.6. The lowest BCUT2D eigenvalue weighted by molar-refractivity contribution is -0.0499. The van der Waals surface area contributed by atoms with E-state index in [1.54, 1.807) is 9.44 Å². The lowest BCUT2D eigenvalue weighted by Crippen LogP contribution is -2.32. The fourth-order valence-corrected chi connectivity index (χ4v) is 8.83. The molecule has 15 nitrogen and oxygen atoms in total. The molecule has 0 aliphatic carbocycles. The molecule has 4 rings (SSSR count). The number of hydrogen-bond donors (Lipinski definition) is 4. The van der Waals surface area contributed by atoms with Gasteiger partial charge in [-0.3, -0.25) is 9.59 Å². The van der Waals surface area contributed by atoms with E-state index in [1.807, 2.05) is 0 Å². The van der Waals surface area contributed by atoms with Crippen LogP contribution in [0, 0.1) is 5.82 Å². The van der Waals surface area contributed by atoms with Gasteiger partial charge in [-0.05, 0) is 76.6 Å². The first-order valence-electron chi connectivity index (χ1n) is 12.9. The van der Waals surface area contributed by atoms with Gasteiger partial charge in [0, 0.05) is 11.1 Å². The Morgan fingerprint density at radius 1 is 0.620 bits per heavy atom. The predicted molar refractivity (Wildman–Crippen MR) is 172 cm³/mol. The van der Waals surface area contributed by atoms with E-state index in [-0.39, 0.29) is 21.3 Å². The van der Waals surface area contributed by atoms with Gasteiger partial charge in [-0.25, -0.2) is 57.8 Å². The first kappa shape index (κ1) is 40.0. The van der Waals surface area contributed by atoms with Crippen LogP contribution in [0.15, 0.2) is 115 Å². The number of amides is 2. The van der Waals surface area contributed by atoms with Crippen molar-refractivity contribution in [3.8, 4) is 5.75 Å². The van der Waals surface area contributed by atoms with Crippen LogP contribution in [0.4, 0.5) is 13.2 Å². The quantitative estimate of drug-likeness (QED) is 0.180. The zero-order valence-corrected chi connectivity index (χ0v) is 29.4. The monoisotopic (exact) mass is 842 g/mol. The highest BCUT2D eigenvalue weighted by Crippen LogP contribution is 2.22. The van der Waals surface area contributed by atoms with Crippen LogP contribution in [0.1, 0.15) is 20.7 Å². The van der Waals surface area contributed by atoms with Crippen LogP contribution in [0.25, 0.3) is 0 Å². The summed E-state index contributed by atoms with van der Waals surface area (Å²) >= 11 is 2.88. The van der Waals surface area contributed by atoms with E-state index in [0.717, 1.165) is 60.7 Å². The highest BCUT2D eigenvalue weighted by atomic mass is 79.9. The van der Waals surface area contributed by atoms with Gasteiger partial charge in [-0.2, -0.15) is 8.78 Å². The molecule has 23 heteroatoms. The van der Waals surface area contributed by atoms with Gasteiger partial charge >= 0.3 is 6.61 Å². The first-order valence-corrected chi connectivity index (χ1v) is 19.8. The SMILES string of the molecule is NS(=O)(=O)c1ccccc1S(=O)(=O)NC(=O)c1ccc(F)c(Br)c1.NS(=O)(=O)c1ccccc1S(=O)(=O)NC(=O)c1cccc(OC(F)F)c1. The second kappa shape index (κ2) is 15.7. The number of nitrogens with two attached hydrogens (primary N) is 2. The Kier molecular flexibility index (Phi) is 12.5. The fraction of sp³-hybridized carbons (Fsp3) is 0.0370. The van der Waals surface area contributed by atoms with Crippen molar-refractivity contribution in [3.63, 3.8) is 0 Å². The van der Waals surface area contributed by atoms with Crippen LogP contribution < -0.4 is 24.5 Å². The zero-order chi connectivity index (χ0) is 37.7. The molecule has 0 spiro atoms. The number of carbonyl (C=O) groups excluding carboxylic acids is 2. The number of carbonyl (C=O) groups is 2. The lowest BCUT2D eigenvalue weighted by Gasteiger charge is -2.11. The Balaban J connectivity index is 0.000000271. The Morgan fingerprint density at radius 2 is 1.04 bits per heavy atom. The number of nitrogens with one attached hydrogen (secondary N) is 2. The van der Waals surface area contributed by atoms with Crippen molar-refractivity contribution >= 4 is 67.8 Å². The van der Waals surface area contributed by atoms with E-state index >= 15 is 0 Å². The van der Waals surface area contributed by atoms with Crippen LogP contribution in [-0.4, -0.2) is 52.1 Å². The first-order chi connectivity index (χ1) is 23.0. The molecule has 2 amide bonds. The van der Waals surface area contributed by atoms with Gasteiger partial charge in [-0.1, -0.05) is 30.3 Å². The topological polar surface area (TPSA) is 256 Å². The van der Waals surface area contributed by atoms with Gasteiger partial charge < -0.3 is 4.74 Å². The normalized spacial score (nSPS) is 12.0. The number of ether oxygens (including phenoxy) is 1. The average Bonchev–Trinajstić information content (AvgIpc) is 3.01. The van der Waals surface area contributed by atoms with Gasteiger partial charge in [0.2, 0.25) is 20.0 Å². The van der Waals surface area contributed by atoms with Crippen LogP contribution >= 0.6 is 15.9 Å². The van der Waals surface area contributed by atoms with Crippen LogP contribution in [0.5, 0.6) is 5.75 Å². The summed E-state index contributed by atoms with van der Waals surface area (Å²) in [6, 6.07) is 16.5. The summed E-state index contributed by atoms with van der Waals surface area (Å²) in [5.41, 5.74) is -0.431. The summed E-state index contributed by atoms with van der Waals surface area (Å²) < 4.78 is 140. The largest absolute Gasteiger partial charge is 0.435 e. The molecule has 0 saturated carbocycles. The van der Waals surface area contributed by atoms with Crippen LogP contribution in [0.2, 0.25) is 0 Å². The van der Waals surface area contributed by atoms with E-state index in [4.69, 9.17) is 10.3 Å². The van der Waals surface area contributed by atoms with E-state index < -0.39 is 83.9 Å². The van der Waals surface area contributed by atoms with Crippen molar-refractivity contribution in [1.82, 2.24) is 9.44 Å². The number of alkyl halides is 2. The van der Waals surface area contributed by atoms with Crippen molar-refractivity contribution in [2.75, 3.05) is 0 Å². The molecule has 268 valence electrons. The van der Waals surface area contributed by atoms with E-state index in [1.165, 1.54) is 30.3 Å². The molecular formula is C27H22BrF3N4O11S4. The Morgan fingerprint density at radius 3 is 1.44 bits per heavy atom. The molecule has 0 aromatic heterocycles. The Hall–Kier alpha value is -4.39. The Bertz CT molecular complexity index is 2400. The molecule has 0 atom stereocenters. The molecule has 0 aliphatic heterocycles. The molecule has 4 aromatic rings. The van der Waals surface area contributed by atoms with Crippen molar-refractivity contribution in [2.24, 2.45) is 10.3 Å². The molecule has 0 heterocycles. The molecule has 0 unspecified atom stereocenters. The second-order valence-electron chi connectivity index (χ2n) is 9.39. The van der Waals surface area contributed by atoms with E-state index in [2.05, 4.69) is 20.7 Å². The van der Waals surface area contributed by atoms with E-state index in [0.29, 0.717) is 0 Å². The molecule has 0 fully saturated rings. The molecule has 0 bridgehead atoms. The van der Waals surface area contributed by atoms with Gasteiger partial charge in [0.25, 0.3) is 31.9 Å². The van der Waals surface area contributed by atoms with Crippen LogP contribution in [0.3, 0.4) is 0 Å². The maximum atomic E-state index is 13.2. The minimum Gasteiger partial charge on any atom is -0.435 e. The molecule has 4 aromatic carbocycles. The van der Waals surface area contributed by atoms with Gasteiger partial charge in [0.15, 0.2) is 0 Å². The molecule has 0 saturated heterocycles. The summed E-state index contributed by atoms with van der Waals surface area (Å²) in [6.45, 7) is -3.13. The minimum absolute atomic E-state index is 0.0301. The van der Waals surface area contributed by atoms with Crippen molar-refractivity contribution in [2.45, 2.75) is 26.2 Å². The van der Waals surface area contributed by atoms with Crippen molar-refractivity contribution in [1.29, 1.82) is 0 Å². The molecule has 50 heavy (non-hydrogen) atoms. The van der Waals surface area contributed by atoms with Gasteiger partial charge in [-0.15, -0.1) is 0 Å². The summed E-state index contributed by atoms with van der Waals surface area (Å²) in [5, 5.41) is 9.95. The lowest BCUT2D eigenvalue weighted by atomic mass is 10.2. The fourth-order valence-electron chi connectivity index (χ4n) is 3.74. The van der Waals surface area contributed by atoms with Crippen LogP contribution in [-0.2, 0) is 40.1 Å². The highest BCUT2D eigenvalue weighted by molar-refractivity contribution is 9.10. The van der Waals surface area contributed by atoms with Gasteiger partial charge in [0.1, 0.15) is 31.1 Å². The van der Waals surface area contributed by atoms with Crippen molar-refractivity contribution < 1.29 is 61.2 Å². The molecule has 6 N–H and O–H groups in total. The molecule has 0 radical (unpaired) electrons. The maximum Gasteiger partial charge on any atom is 0.387 e. The number of rotatable bonds is 10. The Labute approximate surface area is 291 Å². The molecular weight excluding hydrogens is 821 g/mol.